The number of hydrogen-bond donors (Lipinski definition) is 0. The largest absolute Gasteiger partial charge is 0.378 e. The number of anilines is 1. The highest BCUT2D eigenvalue weighted by atomic mass is 16.5. The number of hydrogen-bond acceptors (Lipinski definition) is 5. The van der Waals surface area contributed by atoms with Gasteiger partial charge in [-0.1, -0.05) is 6.92 Å². The van der Waals surface area contributed by atoms with Crippen molar-refractivity contribution in [2.45, 2.75) is 38.5 Å². The first-order valence-electron chi connectivity index (χ1n) is 9.10. The molecule has 0 unspecified atom stereocenters. The molecule has 6 heteroatoms. The van der Waals surface area contributed by atoms with Gasteiger partial charge in [-0.15, -0.1) is 0 Å². The summed E-state index contributed by atoms with van der Waals surface area (Å²) in [6, 6.07) is 2.11. The van der Waals surface area contributed by atoms with Crippen LogP contribution in [0.5, 0.6) is 0 Å². The van der Waals surface area contributed by atoms with Crippen molar-refractivity contribution < 1.29 is 9.53 Å². The van der Waals surface area contributed by atoms with Gasteiger partial charge in [0, 0.05) is 43.6 Å². The first kappa shape index (κ1) is 15.8. The standard InChI is InChI=1S/C18H26N4O2/c1-18(4-5-18)17(23)22-6-2-3-14(12-22)15-11-16(20-13-19-15)21-7-9-24-10-8-21/h11,13-14H,2-10,12H2,1H3/t14-/m1/s1. The van der Waals surface area contributed by atoms with E-state index >= 15 is 0 Å². The molecule has 1 aromatic heterocycles. The Hall–Kier alpha value is -1.69. The lowest BCUT2D eigenvalue weighted by Crippen LogP contribution is -2.42. The number of carbonyl (C=O) groups excluding carboxylic acids is 1. The molecule has 3 fully saturated rings. The summed E-state index contributed by atoms with van der Waals surface area (Å²) < 4.78 is 5.42. The maximum absolute atomic E-state index is 12.6. The van der Waals surface area contributed by atoms with Crippen LogP contribution in [0.3, 0.4) is 0 Å². The second kappa shape index (κ2) is 6.31. The summed E-state index contributed by atoms with van der Waals surface area (Å²) in [6.45, 7) is 7.06. The van der Waals surface area contributed by atoms with E-state index in [2.05, 4.69) is 32.8 Å². The van der Waals surface area contributed by atoms with Crippen LogP contribution < -0.4 is 4.90 Å². The van der Waals surface area contributed by atoms with E-state index in [4.69, 9.17) is 4.74 Å². The summed E-state index contributed by atoms with van der Waals surface area (Å²) in [7, 11) is 0. The van der Waals surface area contributed by atoms with Gasteiger partial charge in [-0.05, 0) is 25.7 Å². The summed E-state index contributed by atoms with van der Waals surface area (Å²) in [4.78, 5) is 25.9. The van der Waals surface area contributed by atoms with Crippen molar-refractivity contribution in [2.24, 2.45) is 5.41 Å². The highest BCUT2D eigenvalue weighted by Crippen LogP contribution is 2.47. The summed E-state index contributed by atoms with van der Waals surface area (Å²) in [6.07, 6.45) is 5.91. The monoisotopic (exact) mass is 330 g/mol. The number of carbonyl (C=O) groups is 1. The molecule has 1 aliphatic carbocycles. The molecule has 1 atom stereocenters. The summed E-state index contributed by atoms with van der Waals surface area (Å²) in [5.41, 5.74) is 0.997. The molecular formula is C18H26N4O2. The molecule has 2 aliphatic heterocycles. The van der Waals surface area contributed by atoms with E-state index in [0.29, 0.717) is 11.8 Å². The van der Waals surface area contributed by atoms with Gasteiger partial charge in [0.2, 0.25) is 5.91 Å². The van der Waals surface area contributed by atoms with Gasteiger partial charge in [0.1, 0.15) is 12.1 Å². The summed E-state index contributed by atoms with van der Waals surface area (Å²) in [5.74, 6) is 1.66. The summed E-state index contributed by atoms with van der Waals surface area (Å²) >= 11 is 0. The molecule has 0 aromatic carbocycles. The number of rotatable bonds is 3. The third-order valence-electron chi connectivity index (χ3n) is 5.65. The Morgan fingerprint density at radius 2 is 2.04 bits per heavy atom. The van der Waals surface area contributed by atoms with E-state index in [0.717, 1.165) is 76.6 Å². The van der Waals surface area contributed by atoms with E-state index < -0.39 is 0 Å². The van der Waals surface area contributed by atoms with Crippen molar-refractivity contribution in [3.05, 3.63) is 18.1 Å². The molecule has 0 radical (unpaired) electrons. The minimum Gasteiger partial charge on any atom is -0.378 e. The Morgan fingerprint density at radius 1 is 1.25 bits per heavy atom. The van der Waals surface area contributed by atoms with Crippen molar-refractivity contribution in [3.63, 3.8) is 0 Å². The molecule has 0 N–H and O–H groups in total. The first-order valence-corrected chi connectivity index (χ1v) is 9.10. The lowest BCUT2D eigenvalue weighted by Gasteiger charge is -2.34. The normalized spacial score (nSPS) is 26.3. The molecule has 4 rings (SSSR count). The maximum atomic E-state index is 12.6. The third kappa shape index (κ3) is 3.11. The van der Waals surface area contributed by atoms with Crippen LogP contribution in [0.15, 0.2) is 12.4 Å². The van der Waals surface area contributed by atoms with Crippen LogP contribution in [0.1, 0.15) is 44.2 Å². The fourth-order valence-corrected chi connectivity index (χ4v) is 3.74. The van der Waals surface area contributed by atoms with Gasteiger partial charge in [0.25, 0.3) is 0 Å². The Bertz CT molecular complexity index is 611. The van der Waals surface area contributed by atoms with Crippen molar-refractivity contribution in [3.8, 4) is 0 Å². The molecule has 2 saturated heterocycles. The maximum Gasteiger partial charge on any atom is 0.228 e. The second-order valence-electron chi connectivity index (χ2n) is 7.55. The Morgan fingerprint density at radius 3 is 2.79 bits per heavy atom. The fraction of sp³-hybridized carbons (Fsp3) is 0.722. The van der Waals surface area contributed by atoms with Crippen LogP contribution in [0, 0.1) is 5.41 Å². The predicted octanol–water partition coefficient (Wildman–Crippen LogP) is 1.82. The number of morpholine rings is 1. The van der Waals surface area contributed by atoms with Gasteiger partial charge >= 0.3 is 0 Å². The van der Waals surface area contributed by atoms with E-state index in [1.54, 1.807) is 6.33 Å². The molecule has 0 spiro atoms. The van der Waals surface area contributed by atoms with Crippen LogP contribution in [0.2, 0.25) is 0 Å². The van der Waals surface area contributed by atoms with E-state index in [1.165, 1.54) is 0 Å². The average Bonchev–Trinajstić information content (AvgIpc) is 3.41. The molecule has 6 nitrogen and oxygen atoms in total. The lowest BCUT2D eigenvalue weighted by molar-refractivity contribution is -0.137. The van der Waals surface area contributed by atoms with Gasteiger partial charge in [-0.3, -0.25) is 4.79 Å². The number of amides is 1. The molecule has 3 heterocycles. The molecule has 1 aromatic rings. The van der Waals surface area contributed by atoms with Crippen LogP contribution in [0.25, 0.3) is 0 Å². The number of aromatic nitrogens is 2. The average molecular weight is 330 g/mol. The van der Waals surface area contributed by atoms with Gasteiger partial charge in [0.15, 0.2) is 0 Å². The first-order chi connectivity index (χ1) is 11.7. The minimum atomic E-state index is -0.0769. The SMILES string of the molecule is CC1(C(=O)N2CCC[C@@H](c3cc(N4CCOCC4)ncn3)C2)CC1. The van der Waals surface area contributed by atoms with E-state index in [-0.39, 0.29) is 5.41 Å². The highest BCUT2D eigenvalue weighted by molar-refractivity contribution is 5.85. The van der Waals surface area contributed by atoms with Gasteiger partial charge in [0.05, 0.1) is 18.9 Å². The van der Waals surface area contributed by atoms with Crippen molar-refractivity contribution >= 4 is 11.7 Å². The highest BCUT2D eigenvalue weighted by Gasteiger charge is 2.47. The number of piperidine rings is 1. The zero-order valence-corrected chi connectivity index (χ0v) is 14.4. The van der Waals surface area contributed by atoms with Crippen LogP contribution in [-0.4, -0.2) is 60.2 Å². The van der Waals surface area contributed by atoms with Crippen molar-refractivity contribution in [2.75, 3.05) is 44.3 Å². The van der Waals surface area contributed by atoms with Gasteiger partial charge in [-0.2, -0.15) is 0 Å². The number of ether oxygens (including phenoxy) is 1. The van der Waals surface area contributed by atoms with Crippen LogP contribution in [0.4, 0.5) is 5.82 Å². The third-order valence-corrected chi connectivity index (χ3v) is 5.65. The molecular weight excluding hydrogens is 304 g/mol. The van der Waals surface area contributed by atoms with E-state index in [1.807, 2.05) is 0 Å². The van der Waals surface area contributed by atoms with Crippen molar-refractivity contribution in [1.29, 1.82) is 0 Å². The minimum absolute atomic E-state index is 0.0769. The van der Waals surface area contributed by atoms with Crippen molar-refractivity contribution in [1.82, 2.24) is 14.9 Å². The van der Waals surface area contributed by atoms with Crippen LogP contribution >= 0.6 is 0 Å². The zero-order chi connectivity index (χ0) is 16.6. The topological polar surface area (TPSA) is 58.6 Å². The van der Waals surface area contributed by atoms with E-state index in [9.17, 15) is 4.79 Å². The number of nitrogens with zero attached hydrogens (tertiary/aromatic N) is 4. The molecule has 3 aliphatic rings. The summed E-state index contributed by atoms with van der Waals surface area (Å²) in [5, 5.41) is 0. The predicted molar refractivity (Wildman–Crippen MR) is 91.0 cm³/mol. The molecule has 1 amide bonds. The molecule has 24 heavy (non-hydrogen) atoms. The fourth-order valence-electron chi connectivity index (χ4n) is 3.74. The number of likely N-dealkylation sites (tertiary alicyclic amines) is 1. The molecule has 130 valence electrons. The Kier molecular flexibility index (Phi) is 4.16. The zero-order valence-electron chi connectivity index (χ0n) is 14.4. The molecule has 0 bridgehead atoms. The Labute approximate surface area is 143 Å². The van der Waals surface area contributed by atoms with Gasteiger partial charge < -0.3 is 14.5 Å². The van der Waals surface area contributed by atoms with Crippen LogP contribution in [-0.2, 0) is 9.53 Å². The second-order valence-corrected chi connectivity index (χ2v) is 7.55. The van der Waals surface area contributed by atoms with Gasteiger partial charge in [-0.25, -0.2) is 9.97 Å². The quantitative estimate of drug-likeness (QED) is 0.846. The molecule has 1 saturated carbocycles. The Balaban J connectivity index is 1.47. The smallest absolute Gasteiger partial charge is 0.228 e. The lowest BCUT2D eigenvalue weighted by atomic mass is 9.93.